The average Bonchev–Trinajstić information content (AvgIpc) is 3.10. The maximum atomic E-state index is 12.5. The van der Waals surface area contributed by atoms with Crippen LogP contribution in [0.2, 0.25) is 5.02 Å². The Balaban J connectivity index is 1.80. The number of hydrogen-bond acceptors (Lipinski definition) is 5. The minimum absolute atomic E-state index is 0.154. The van der Waals surface area contributed by atoms with Crippen LogP contribution in [0, 0.1) is 13.8 Å². The fraction of sp³-hybridized carbons (Fsp3) is 0.235. The number of nitrogens with one attached hydrogen (secondary N) is 1. The summed E-state index contributed by atoms with van der Waals surface area (Å²) in [6.07, 6.45) is 3.79. The first-order chi connectivity index (χ1) is 11.9. The van der Waals surface area contributed by atoms with Gasteiger partial charge in [-0.15, -0.1) is 0 Å². The van der Waals surface area contributed by atoms with E-state index in [0.717, 1.165) is 21.3 Å². The second kappa shape index (κ2) is 7.33. The van der Waals surface area contributed by atoms with Crippen LogP contribution in [0.25, 0.3) is 0 Å². The Hall–Kier alpha value is -2.25. The summed E-state index contributed by atoms with van der Waals surface area (Å²) in [5.41, 5.74) is 2.18. The number of imidazole rings is 1. The molecule has 6 nitrogen and oxygen atoms in total. The van der Waals surface area contributed by atoms with Crippen molar-refractivity contribution in [3.8, 4) is 0 Å². The Morgan fingerprint density at radius 2 is 2.20 bits per heavy atom. The van der Waals surface area contributed by atoms with Crippen molar-refractivity contribution < 1.29 is 9.32 Å². The van der Waals surface area contributed by atoms with Crippen molar-refractivity contribution in [1.82, 2.24) is 14.7 Å². The zero-order valence-corrected chi connectivity index (χ0v) is 15.6. The minimum Gasteiger partial charge on any atom is -0.361 e. The maximum Gasteiger partial charge on any atom is 0.229 e. The highest BCUT2D eigenvalue weighted by atomic mass is 35.5. The van der Waals surface area contributed by atoms with E-state index in [1.165, 1.54) is 11.8 Å². The van der Waals surface area contributed by atoms with Gasteiger partial charge in [-0.05, 0) is 43.8 Å². The van der Waals surface area contributed by atoms with Crippen LogP contribution in [0.4, 0.5) is 5.69 Å². The van der Waals surface area contributed by atoms with Crippen LogP contribution in [-0.2, 0) is 18.3 Å². The lowest BCUT2D eigenvalue weighted by Crippen LogP contribution is -2.15. The van der Waals surface area contributed by atoms with Gasteiger partial charge in [0.1, 0.15) is 5.76 Å². The first kappa shape index (κ1) is 17.6. The van der Waals surface area contributed by atoms with Gasteiger partial charge in [0.05, 0.1) is 17.8 Å². The quantitative estimate of drug-likeness (QED) is 0.728. The number of hydrogen-bond donors (Lipinski definition) is 1. The first-order valence-corrected chi connectivity index (χ1v) is 8.80. The molecule has 3 rings (SSSR count). The van der Waals surface area contributed by atoms with Crippen LogP contribution in [-0.4, -0.2) is 20.6 Å². The van der Waals surface area contributed by atoms with Gasteiger partial charge in [-0.1, -0.05) is 16.8 Å². The van der Waals surface area contributed by atoms with E-state index in [-0.39, 0.29) is 12.3 Å². The van der Waals surface area contributed by atoms with Gasteiger partial charge in [0.2, 0.25) is 5.91 Å². The molecule has 0 saturated carbocycles. The number of amides is 1. The summed E-state index contributed by atoms with van der Waals surface area (Å²) in [4.78, 5) is 17.6. The summed E-state index contributed by atoms with van der Waals surface area (Å²) in [5, 5.41) is 8.18. The Morgan fingerprint density at radius 3 is 2.84 bits per heavy atom. The third kappa shape index (κ3) is 4.05. The summed E-state index contributed by atoms with van der Waals surface area (Å²) in [6.45, 7) is 3.62. The van der Waals surface area contributed by atoms with E-state index in [9.17, 15) is 4.79 Å². The van der Waals surface area contributed by atoms with Crippen LogP contribution < -0.4 is 5.32 Å². The van der Waals surface area contributed by atoms with Crippen molar-refractivity contribution in [2.45, 2.75) is 30.3 Å². The molecule has 1 amide bonds. The number of nitrogens with zero attached hydrogens (tertiary/aromatic N) is 3. The number of benzene rings is 1. The zero-order chi connectivity index (χ0) is 18.0. The first-order valence-electron chi connectivity index (χ1n) is 7.60. The van der Waals surface area contributed by atoms with Crippen molar-refractivity contribution in [3.63, 3.8) is 0 Å². The molecule has 0 unspecified atom stereocenters. The highest BCUT2D eigenvalue weighted by Gasteiger charge is 2.16. The van der Waals surface area contributed by atoms with E-state index >= 15 is 0 Å². The lowest BCUT2D eigenvalue weighted by Gasteiger charge is -2.11. The molecule has 0 spiro atoms. The molecule has 25 heavy (non-hydrogen) atoms. The fourth-order valence-corrected chi connectivity index (χ4v) is 3.39. The van der Waals surface area contributed by atoms with Gasteiger partial charge >= 0.3 is 0 Å². The molecule has 0 saturated heterocycles. The number of carbonyl (C=O) groups is 1. The molecule has 3 aromatic rings. The van der Waals surface area contributed by atoms with Gasteiger partial charge in [-0.3, -0.25) is 4.79 Å². The molecule has 2 heterocycles. The predicted octanol–water partition coefficient (Wildman–Crippen LogP) is 4.01. The summed E-state index contributed by atoms with van der Waals surface area (Å²) >= 11 is 7.56. The molecular weight excluding hydrogens is 360 g/mol. The van der Waals surface area contributed by atoms with Crippen LogP contribution >= 0.6 is 23.4 Å². The molecule has 130 valence electrons. The molecule has 0 aliphatic carbocycles. The molecule has 2 aromatic heterocycles. The lowest BCUT2D eigenvalue weighted by molar-refractivity contribution is -0.115. The molecule has 0 atom stereocenters. The highest BCUT2D eigenvalue weighted by Crippen LogP contribution is 2.34. The molecule has 0 fully saturated rings. The third-order valence-corrected chi connectivity index (χ3v) is 5.10. The number of halogens is 1. The van der Waals surface area contributed by atoms with Crippen molar-refractivity contribution >= 4 is 35.0 Å². The molecule has 0 bridgehead atoms. The molecular formula is C17H17ClN4O2S. The van der Waals surface area contributed by atoms with Crippen LogP contribution in [0.15, 0.2) is 45.2 Å². The van der Waals surface area contributed by atoms with Gasteiger partial charge in [0.15, 0.2) is 5.16 Å². The van der Waals surface area contributed by atoms with Crippen molar-refractivity contribution in [2.24, 2.45) is 7.05 Å². The normalized spacial score (nSPS) is 10.9. The summed E-state index contributed by atoms with van der Waals surface area (Å²) in [7, 11) is 1.92. The van der Waals surface area contributed by atoms with Crippen molar-refractivity contribution in [1.29, 1.82) is 0 Å². The molecule has 0 aliphatic rings. The van der Waals surface area contributed by atoms with E-state index in [1.54, 1.807) is 25.3 Å². The van der Waals surface area contributed by atoms with E-state index in [1.807, 2.05) is 30.8 Å². The summed E-state index contributed by atoms with van der Waals surface area (Å²) in [5.74, 6) is 0.500. The molecule has 0 radical (unpaired) electrons. The van der Waals surface area contributed by atoms with Gasteiger partial charge in [-0.25, -0.2) is 4.98 Å². The fourth-order valence-electron chi connectivity index (χ4n) is 2.35. The van der Waals surface area contributed by atoms with E-state index < -0.39 is 0 Å². The van der Waals surface area contributed by atoms with Gasteiger partial charge in [0.25, 0.3) is 0 Å². The Labute approximate surface area is 154 Å². The Morgan fingerprint density at radius 1 is 1.40 bits per heavy atom. The molecule has 1 N–H and O–H groups in total. The van der Waals surface area contributed by atoms with Gasteiger partial charge < -0.3 is 14.4 Å². The second-order valence-corrected chi connectivity index (χ2v) is 7.04. The van der Waals surface area contributed by atoms with E-state index in [0.29, 0.717) is 16.5 Å². The largest absolute Gasteiger partial charge is 0.361 e. The zero-order valence-electron chi connectivity index (χ0n) is 14.0. The average molecular weight is 377 g/mol. The minimum atomic E-state index is -0.154. The van der Waals surface area contributed by atoms with Gasteiger partial charge in [0, 0.05) is 34.9 Å². The van der Waals surface area contributed by atoms with Crippen LogP contribution in [0.1, 0.15) is 17.0 Å². The summed E-state index contributed by atoms with van der Waals surface area (Å²) < 4.78 is 7.02. The van der Waals surface area contributed by atoms with Crippen LogP contribution in [0.3, 0.4) is 0 Å². The third-order valence-electron chi connectivity index (χ3n) is 3.71. The van der Waals surface area contributed by atoms with E-state index in [4.69, 9.17) is 16.1 Å². The molecule has 1 aromatic carbocycles. The molecule has 8 heteroatoms. The standard InChI is InChI=1S/C17H17ClN4O2S/c1-10-13(11(2)24-21-10)9-16(23)20-14-8-12(18)4-5-15(14)25-17-19-6-7-22(17)3/h4-8H,9H2,1-3H3,(H,20,23). The second-order valence-electron chi connectivity index (χ2n) is 5.59. The smallest absolute Gasteiger partial charge is 0.229 e. The van der Waals surface area contributed by atoms with Crippen LogP contribution in [0.5, 0.6) is 0 Å². The van der Waals surface area contributed by atoms with Gasteiger partial charge in [-0.2, -0.15) is 0 Å². The Kier molecular flexibility index (Phi) is 5.15. The number of carbonyl (C=O) groups excluding carboxylic acids is 1. The molecule has 0 aliphatic heterocycles. The number of aryl methyl sites for hydroxylation is 3. The van der Waals surface area contributed by atoms with E-state index in [2.05, 4.69) is 15.5 Å². The predicted molar refractivity (Wildman–Crippen MR) is 97.1 cm³/mol. The monoisotopic (exact) mass is 376 g/mol. The maximum absolute atomic E-state index is 12.5. The Bertz CT molecular complexity index is 900. The topological polar surface area (TPSA) is 73.0 Å². The highest BCUT2D eigenvalue weighted by molar-refractivity contribution is 7.99. The summed E-state index contributed by atoms with van der Waals surface area (Å²) in [6, 6.07) is 5.39. The van der Waals surface area contributed by atoms with Crippen molar-refractivity contribution in [2.75, 3.05) is 5.32 Å². The number of aromatic nitrogens is 3. The number of rotatable bonds is 5. The SMILES string of the molecule is Cc1noc(C)c1CC(=O)Nc1cc(Cl)ccc1Sc1nccn1C. The number of anilines is 1. The lowest BCUT2D eigenvalue weighted by atomic mass is 10.1. The van der Waals surface area contributed by atoms with Crippen molar-refractivity contribution in [3.05, 3.63) is 52.6 Å².